The summed E-state index contributed by atoms with van der Waals surface area (Å²) in [6, 6.07) is 12.5. The van der Waals surface area contributed by atoms with Crippen molar-refractivity contribution in [3.05, 3.63) is 64.2 Å². The maximum Gasteiger partial charge on any atom is 0.273 e. The number of rotatable bonds is 8. The van der Waals surface area contributed by atoms with E-state index in [1.54, 1.807) is 0 Å². The molecule has 0 fully saturated rings. The van der Waals surface area contributed by atoms with Gasteiger partial charge in [-0.25, -0.2) is 8.42 Å². The van der Waals surface area contributed by atoms with Crippen LogP contribution in [-0.4, -0.2) is 37.8 Å². The monoisotopic (exact) mass is 401 g/mol. The summed E-state index contributed by atoms with van der Waals surface area (Å²) in [5, 5.41) is 10.9. The molecule has 0 aliphatic heterocycles. The first-order valence-electron chi connectivity index (χ1n) is 7.46. The summed E-state index contributed by atoms with van der Waals surface area (Å²) in [4.78, 5) is 10.1. The number of hydrogen-bond donors (Lipinski definition) is 1. The zero-order chi connectivity index (χ0) is 18.4. The number of ether oxygens (including phenoxy) is 1. The van der Waals surface area contributed by atoms with Gasteiger partial charge in [-0.2, -0.15) is 4.31 Å². The molecule has 0 saturated heterocycles. The molecule has 0 atom stereocenters. The molecule has 2 aromatic rings. The van der Waals surface area contributed by atoms with Crippen LogP contribution in [0.2, 0.25) is 0 Å². The van der Waals surface area contributed by atoms with Gasteiger partial charge in [0.05, 0.1) is 18.1 Å². The van der Waals surface area contributed by atoms with Crippen molar-refractivity contribution in [3.8, 4) is 5.75 Å². The van der Waals surface area contributed by atoms with E-state index in [4.69, 9.17) is 10.5 Å². The quantitative estimate of drug-likeness (QED) is 0.535. The lowest BCUT2D eigenvalue weighted by molar-refractivity contribution is -0.385. The minimum atomic E-state index is -3.94. The molecule has 0 radical (unpaired) electrons. The Hall–Kier alpha value is -2.20. The summed E-state index contributed by atoms with van der Waals surface area (Å²) < 4.78 is 32.3. The van der Waals surface area contributed by atoms with Crippen LogP contribution in [0.15, 0.2) is 53.4 Å². The standard InChI is InChI=1S/C16H19N3O5S.ClH/c1-24-15-11-14(19(20)21)7-8-16(15)25(22,23)18(10-9-17)12-13-5-3-2-4-6-13;/h2-8,11H,9-10,12,17H2,1H3;1H. The third-order valence-electron chi connectivity index (χ3n) is 3.56. The van der Waals surface area contributed by atoms with E-state index in [1.807, 2.05) is 30.3 Å². The largest absolute Gasteiger partial charge is 0.495 e. The van der Waals surface area contributed by atoms with Crippen LogP contribution < -0.4 is 10.5 Å². The van der Waals surface area contributed by atoms with Gasteiger partial charge in [0, 0.05) is 25.7 Å². The van der Waals surface area contributed by atoms with E-state index in [0.29, 0.717) is 0 Å². The van der Waals surface area contributed by atoms with Crippen LogP contribution in [-0.2, 0) is 16.6 Å². The average molecular weight is 402 g/mol. The predicted molar refractivity (Wildman–Crippen MR) is 100.0 cm³/mol. The van der Waals surface area contributed by atoms with E-state index >= 15 is 0 Å². The molecule has 2 N–H and O–H groups in total. The average Bonchev–Trinajstić information content (AvgIpc) is 2.61. The molecule has 0 spiro atoms. The number of nitro benzene ring substituents is 1. The summed E-state index contributed by atoms with van der Waals surface area (Å²) in [5.74, 6) is -0.0794. The number of benzene rings is 2. The Kier molecular flexibility index (Phi) is 7.97. The van der Waals surface area contributed by atoms with Gasteiger partial charge in [-0.3, -0.25) is 10.1 Å². The minimum Gasteiger partial charge on any atom is -0.495 e. The fraction of sp³-hybridized carbons (Fsp3) is 0.250. The summed E-state index contributed by atoms with van der Waals surface area (Å²) in [5.41, 5.74) is 6.13. The number of non-ortho nitro benzene ring substituents is 1. The van der Waals surface area contributed by atoms with Crippen LogP contribution in [0.3, 0.4) is 0 Å². The molecule has 0 saturated carbocycles. The van der Waals surface area contributed by atoms with Gasteiger partial charge in [-0.1, -0.05) is 30.3 Å². The van der Waals surface area contributed by atoms with Gasteiger partial charge in [0.15, 0.2) is 0 Å². The van der Waals surface area contributed by atoms with Crippen LogP contribution in [0.5, 0.6) is 5.75 Å². The number of halogens is 1. The lowest BCUT2D eigenvalue weighted by atomic mass is 10.2. The van der Waals surface area contributed by atoms with E-state index in [1.165, 1.54) is 17.5 Å². The second-order valence-electron chi connectivity index (χ2n) is 5.21. The molecule has 0 aliphatic carbocycles. The van der Waals surface area contributed by atoms with Crippen LogP contribution in [0.4, 0.5) is 5.69 Å². The van der Waals surface area contributed by atoms with Crippen LogP contribution in [0.25, 0.3) is 0 Å². The highest BCUT2D eigenvalue weighted by Crippen LogP contribution is 2.31. The Labute approximate surface area is 158 Å². The molecule has 10 heteroatoms. The van der Waals surface area contributed by atoms with Gasteiger partial charge >= 0.3 is 0 Å². The molecule has 0 heterocycles. The number of nitrogens with two attached hydrogens (primary N) is 1. The summed E-state index contributed by atoms with van der Waals surface area (Å²) in [6.07, 6.45) is 0. The number of nitro groups is 1. The van der Waals surface area contributed by atoms with Crippen molar-refractivity contribution in [1.29, 1.82) is 0 Å². The van der Waals surface area contributed by atoms with E-state index < -0.39 is 14.9 Å². The van der Waals surface area contributed by atoms with E-state index in [2.05, 4.69) is 0 Å². The van der Waals surface area contributed by atoms with Crippen molar-refractivity contribution >= 4 is 28.1 Å². The molecule has 0 bridgehead atoms. The van der Waals surface area contributed by atoms with Crippen molar-refractivity contribution in [2.24, 2.45) is 5.73 Å². The molecule has 2 rings (SSSR count). The highest BCUT2D eigenvalue weighted by atomic mass is 35.5. The van der Waals surface area contributed by atoms with Crippen molar-refractivity contribution in [2.45, 2.75) is 11.4 Å². The number of nitrogens with zero attached hydrogens (tertiary/aromatic N) is 2. The normalized spacial score (nSPS) is 11.0. The minimum absolute atomic E-state index is 0. The third-order valence-corrected chi connectivity index (χ3v) is 5.44. The van der Waals surface area contributed by atoms with Crippen molar-refractivity contribution in [3.63, 3.8) is 0 Å². The van der Waals surface area contributed by atoms with E-state index in [0.717, 1.165) is 17.7 Å². The lowest BCUT2D eigenvalue weighted by Gasteiger charge is -2.22. The molecule has 142 valence electrons. The molecular weight excluding hydrogens is 382 g/mol. The fourth-order valence-electron chi connectivity index (χ4n) is 2.34. The second kappa shape index (κ2) is 9.48. The van der Waals surface area contributed by atoms with Gasteiger partial charge in [0.2, 0.25) is 10.0 Å². The smallest absolute Gasteiger partial charge is 0.273 e. The maximum atomic E-state index is 13.0. The molecule has 2 aromatic carbocycles. The summed E-state index contributed by atoms with van der Waals surface area (Å²) >= 11 is 0. The third kappa shape index (κ3) is 4.92. The molecule has 0 aromatic heterocycles. The summed E-state index contributed by atoms with van der Waals surface area (Å²) in [6.45, 7) is 0.388. The highest BCUT2D eigenvalue weighted by molar-refractivity contribution is 7.89. The van der Waals surface area contributed by atoms with Crippen molar-refractivity contribution < 1.29 is 18.1 Å². The molecule has 8 nitrogen and oxygen atoms in total. The predicted octanol–water partition coefficient (Wildman–Crippen LogP) is 2.17. The Morgan fingerprint density at radius 1 is 1.19 bits per heavy atom. The topological polar surface area (TPSA) is 116 Å². The van der Waals surface area contributed by atoms with Gasteiger partial charge in [-0.15, -0.1) is 12.4 Å². The number of sulfonamides is 1. The first-order valence-corrected chi connectivity index (χ1v) is 8.90. The zero-order valence-corrected chi connectivity index (χ0v) is 15.7. The highest BCUT2D eigenvalue weighted by Gasteiger charge is 2.28. The number of methoxy groups -OCH3 is 1. The van der Waals surface area contributed by atoms with Gasteiger partial charge in [0.25, 0.3) is 5.69 Å². The summed E-state index contributed by atoms with van der Waals surface area (Å²) in [7, 11) is -2.67. The van der Waals surface area contributed by atoms with Crippen LogP contribution >= 0.6 is 12.4 Å². The Bertz CT molecular complexity index is 846. The first kappa shape index (κ1) is 21.8. The molecule has 0 amide bonds. The van der Waals surface area contributed by atoms with E-state index in [-0.39, 0.29) is 48.4 Å². The zero-order valence-electron chi connectivity index (χ0n) is 14.1. The fourth-order valence-corrected chi connectivity index (χ4v) is 3.92. The number of hydrogen-bond acceptors (Lipinski definition) is 6. The van der Waals surface area contributed by atoms with Crippen molar-refractivity contribution in [2.75, 3.05) is 20.2 Å². The first-order chi connectivity index (χ1) is 11.9. The second-order valence-corrected chi connectivity index (χ2v) is 7.11. The Morgan fingerprint density at radius 3 is 2.38 bits per heavy atom. The van der Waals surface area contributed by atoms with Crippen LogP contribution in [0.1, 0.15) is 5.56 Å². The van der Waals surface area contributed by atoms with Gasteiger partial charge < -0.3 is 10.5 Å². The van der Waals surface area contributed by atoms with E-state index in [9.17, 15) is 18.5 Å². The molecule has 0 unspecified atom stereocenters. The van der Waals surface area contributed by atoms with Crippen LogP contribution in [0, 0.1) is 10.1 Å². The van der Waals surface area contributed by atoms with Gasteiger partial charge in [0.1, 0.15) is 10.6 Å². The molecular formula is C16H20ClN3O5S. The van der Waals surface area contributed by atoms with Gasteiger partial charge in [-0.05, 0) is 11.6 Å². The SMILES string of the molecule is COc1cc([N+](=O)[O-])ccc1S(=O)(=O)N(CCN)Cc1ccccc1.Cl. The maximum absolute atomic E-state index is 13.0. The van der Waals surface area contributed by atoms with Crippen molar-refractivity contribution in [1.82, 2.24) is 4.31 Å². The Morgan fingerprint density at radius 2 is 1.85 bits per heavy atom. The Balaban J connectivity index is 0.00000338. The molecule has 26 heavy (non-hydrogen) atoms. The molecule has 0 aliphatic rings. The lowest BCUT2D eigenvalue weighted by Crippen LogP contribution is -2.35.